The number of hydrogen-bond donors (Lipinski definition) is 9. The number of rotatable bonds is 15. The molecule has 1 rings (SSSR count). The van der Waals surface area contributed by atoms with Gasteiger partial charge in [0.05, 0.1) is 6.04 Å². The van der Waals surface area contributed by atoms with Crippen LogP contribution in [0.2, 0.25) is 0 Å². The van der Waals surface area contributed by atoms with Crippen LogP contribution in [0.1, 0.15) is 24.8 Å². The molecule has 0 aromatic heterocycles. The summed E-state index contributed by atoms with van der Waals surface area (Å²) in [5.41, 5.74) is 12.2. The molecule has 0 bridgehead atoms. The number of aromatic hydroxyl groups is 1. The van der Waals surface area contributed by atoms with E-state index in [0.717, 1.165) is 5.56 Å². The molecule has 0 aliphatic rings. The lowest BCUT2D eigenvalue weighted by Crippen LogP contribution is -2.58. The third-order valence-corrected chi connectivity index (χ3v) is 5.65. The molecule has 0 aliphatic carbocycles. The summed E-state index contributed by atoms with van der Waals surface area (Å²) >= 11 is 8.03. The average Bonchev–Trinajstić information content (AvgIpc) is 2.81. The second kappa shape index (κ2) is 15.4. The molecule has 9 N–H and O–H groups in total. The summed E-state index contributed by atoms with van der Waals surface area (Å²) in [6, 6.07) is 1.91. The molecule has 0 fully saturated rings. The number of nitrogens with two attached hydrogens (primary N) is 2. The first-order chi connectivity index (χ1) is 16.1. The predicted octanol–water partition coefficient (Wildman–Crippen LogP) is -1.21. The number of phenols is 1. The molecular formula is C21H33N5O6S2. The maximum absolute atomic E-state index is 12.8. The first-order valence-corrected chi connectivity index (χ1v) is 12.0. The van der Waals surface area contributed by atoms with Crippen molar-refractivity contribution in [2.24, 2.45) is 11.5 Å². The van der Waals surface area contributed by atoms with Gasteiger partial charge in [0.2, 0.25) is 17.7 Å². The van der Waals surface area contributed by atoms with Crippen molar-refractivity contribution in [3.05, 3.63) is 29.8 Å². The smallest absolute Gasteiger partial charge is 0.327 e. The second-order valence-corrected chi connectivity index (χ2v) is 8.38. The molecule has 13 heteroatoms. The Bertz CT molecular complexity index is 826. The highest BCUT2D eigenvalue weighted by Crippen LogP contribution is 2.11. The first kappa shape index (κ1) is 29.6. The Morgan fingerprint density at radius 2 is 1.38 bits per heavy atom. The molecule has 3 amide bonds. The highest BCUT2D eigenvalue weighted by atomic mass is 32.1. The van der Waals surface area contributed by atoms with Crippen LogP contribution in [0, 0.1) is 0 Å². The third-order valence-electron chi connectivity index (χ3n) is 4.92. The van der Waals surface area contributed by atoms with Gasteiger partial charge in [-0.3, -0.25) is 14.4 Å². The van der Waals surface area contributed by atoms with Crippen LogP contribution < -0.4 is 27.4 Å². The molecule has 0 saturated heterocycles. The predicted molar refractivity (Wildman–Crippen MR) is 134 cm³/mol. The summed E-state index contributed by atoms with van der Waals surface area (Å²) in [6.45, 7) is 0.394. The number of nitrogens with one attached hydrogen (secondary N) is 3. The van der Waals surface area contributed by atoms with Crippen LogP contribution >= 0.6 is 25.3 Å². The van der Waals surface area contributed by atoms with E-state index in [1.807, 2.05) is 0 Å². The molecule has 11 nitrogen and oxygen atoms in total. The minimum atomic E-state index is -1.25. The normalized spacial score (nSPS) is 14.4. The maximum atomic E-state index is 12.8. The van der Waals surface area contributed by atoms with Crippen molar-refractivity contribution in [3.63, 3.8) is 0 Å². The highest BCUT2D eigenvalue weighted by Gasteiger charge is 2.29. The average molecular weight is 516 g/mol. The Balaban J connectivity index is 2.79. The molecule has 0 spiro atoms. The maximum Gasteiger partial charge on any atom is 0.327 e. The Kier molecular flexibility index (Phi) is 13.4. The lowest BCUT2D eigenvalue weighted by molar-refractivity contribution is -0.141. The summed E-state index contributed by atoms with van der Waals surface area (Å²) < 4.78 is 0. The fourth-order valence-electron chi connectivity index (χ4n) is 2.94. The van der Waals surface area contributed by atoms with Gasteiger partial charge in [0.15, 0.2) is 0 Å². The fourth-order valence-corrected chi connectivity index (χ4v) is 3.45. The van der Waals surface area contributed by atoms with Gasteiger partial charge in [0, 0.05) is 11.5 Å². The van der Waals surface area contributed by atoms with Gasteiger partial charge < -0.3 is 37.6 Å². The molecule has 34 heavy (non-hydrogen) atoms. The standard InChI is InChI=1S/C21H33N5O6S2/c22-8-2-1-3-15(19(29)26-17(11-34)21(31)32)24-20(30)16(10-33)25-18(28)14(23)9-12-4-6-13(27)7-5-12/h4-7,14-17,27,33-34H,1-3,8-11,22-23H2,(H,24,30)(H,25,28)(H,26,29)(H,31,32). The number of unbranched alkanes of at least 4 members (excludes halogenated alkanes) is 1. The Labute approximate surface area is 209 Å². The van der Waals surface area contributed by atoms with E-state index < -0.39 is 47.9 Å². The summed E-state index contributed by atoms with van der Waals surface area (Å²) in [6.07, 6.45) is 1.52. The van der Waals surface area contributed by atoms with E-state index >= 15 is 0 Å². The summed E-state index contributed by atoms with van der Waals surface area (Å²) in [5.74, 6) is -3.28. The molecule has 0 aliphatic heterocycles. The molecule has 0 saturated carbocycles. The number of carbonyl (C=O) groups is 4. The molecular weight excluding hydrogens is 482 g/mol. The lowest BCUT2D eigenvalue weighted by atomic mass is 10.1. The van der Waals surface area contributed by atoms with Crippen molar-refractivity contribution in [2.75, 3.05) is 18.1 Å². The zero-order chi connectivity index (χ0) is 25.7. The molecule has 1 aromatic carbocycles. The van der Waals surface area contributed by atoms with E-state index in [1.54, 1.807) is 12.1 Å². The number of amides is 3. The van der Waals surface area contributed by atoms with Crippen molar-refractivity contribution in [2.45, 2.75) is 49.9 Å². The number of thiol groups is 2. The van der Waals surface area contributed by atoms with Gasteiger partial charge in [-0.15, -0.1) is 0 Å². The van der Waals surface area contributed by atoms with Crippen molar-refractivity contribution >= 4 is 48.9 Å². The fraction of sp³-hybridized carbons (Fsp3) is 0.524. The minimum Gasteiger partial charge on any atom is -0.508 e. The van der Waals surface area contributed by atoms with Crippen LogP contribution in [-0.2, 0) is 25.6 Å². The number of carboxylic acids is 1. The van der Waals surface area contributed by atoms with Crippen molar-refractivity contribution in [1.29, 1.82) is 0 Å². The van der Waals surface area contributed by atoms with E-state index in [-0.39, 0.29) is 30.1 Å². The lowest BCUT2D eigenvalue weighted by Gasteiger charge is -2.24. The van der Waals surface area contributed by atoms with E-state index in [1.165, 1.54) is 12.1 Å². The number of phenolic OH excluding ortho intramolecular Hbond substituents is 1. The van der Waals surface area contributed by atoms with Gasteiger partial charge in [0.1, 0.15) is 23.9 Å². The van der Waals surface area contributed by atoms with E-state index in [9.17, 15) is 24.3 Å². The van der Waals surface area contributed by atoms with Crippen LogP contribution in [0.15, 0.2) is 24.3 Å². The Morgan fingerprint density at radius 3 is 1.91 bits per heavy atom. The van der Waals surface area contributed by atoms with E-state index in [0.29, 0.717) is 19.4 Å². The zero-order valence-electron chi connectivity index (χ0n) is 18.6. The van der Waals surface area contributed by atoms with Crippen molar-refractivity contribution in [3.8, 4) is 5.75 Å². The minimum absolute atomic E-state index is 0.0605. The number of aliphatic carboxylic acids is 1. The van der Waals surface area contributed by atoms with Crippen LogP contribution in [-0.4, -0.2) is 76.1 Å². The summed E-state index contributed by atoms with van der Waals surface area (Å²) in [5, 5.41) is 25.9. The number of hydrogen-bond acceptors (Lipinski definition) is 9. The SMILES string of the molecule is NCCCCC(NC(=O)C(CS)NC(=O)C(N)Cc1ccc(O)cc1)C(=O)NC(CS)C(=O)O. The topological polar surface area (TPSA) is 197 Å². The zero-order valence-corrected chi connectivity index (χ0v) is 20.4. The second-order valence-electron chi connectivity index (χ2n) is 7.65. The molecule has 4 unspecified atom stereocenters. The molecule has 0 radical (unpaired) electrons. The van der Waals surface area contributed by atoms with Gasteiger partial charge in [-0.25, -0.2) is 4.79 Å². The van der Waals surface area contributed by atoms with Gasteiger partial charge in [-0.2, -0.15) is 25.3 Å². The van der Waals surface area contributed by atoms with Gasteiger partial charge in [-0.1, -0.05) is 12.1 Å². The summed E-state index contributed by atoms with van der Waals surface area (Å²) in [7, 11) is 0. The van der Waals surface area contributed by atoms with Gasteiger partial charge in [0.25, 0.3) is 0 Å². The van der Waals surface area contributed by atoms with Crippen LogP contribution in [0.4, 0.5) is 0 Å². The number of carboxylic acid groups (broad SMARTS) is 1. The molecule has 1 aromatic rings. The largest absolute Gasteiger partial charge is 0.508 e. The van der Waals surface area contributed by atoms with Crippen molar-refractivity contribution < 1.29 is 29.4 Å². The molecule has 4 atom stereocenters. The molecule has 190 valence electrons. The number of carbonyl (C=O) groups excluding carboxylic acids is 3. The van der Waals surface area contributed by atoms with Crippen molar-refractivity contribution in [1.82, 2.24) is 16.0 Å². The van der Waals surface area contributed by atoms with Crippen LogP contribution in [0.25, 0.3) is 0 Å². The monoisotopic (exact) mass is 515 g/mol. The first-order valence-electron chi connectivity index (χ1n) is 10.7. The van der Waals surface area contributed by atoms with Crippen LogP contribution in [0.3, 0.4) is 0 Å². The third kappa shape index (κ3) is 10.2. The quantitative estimate of drug-likeness (QED) is 0.102. The molecule has 0 heterocycles. The highest BCUT2D eigenvalue weighted by molar-refractivity contribution is 7.80. The van der Waals surface area contributed by atoms with Gasteiger partial charge in [-0.05, 0) is 49.9 Å². The van der Waals surface area contributed by atoms with E-state index in [2.05, 4.69) is 41.2 Å². The number of benzene rings is 1. The Morgan fingerprint density at radius 1 is 0.853 bits per heavy atom. The summed E-state index contributed by atoms with van der Waals surface area (Å²) in [4.78, 5) is 49.1. The van der Waals surface area contributed by atoms with Crippen LogP contribution in [0.5, 0.6) is 5.75 Å². The van der Waals surface area contributed by atoms with E-state index in [4.69, 9.17) is 16.6 Å². The Hall–Kier alpha value is -2.48. The van der Waals surface area contributed by atoms with Gasteiger partial charge >= 0.3 is 5.97 Å².